The Morgan fingerprint density at radius 1 is 1.12 bits per heavy atom. The highest BCUT2D eigenvalue weighted by Gasteiger charge is 2.16. The van der Waals surface area contributed by atoms with Gasteiger partial charge in [0.15, 0.2) is 0 Å². The van der Waals surface area contributed by atoms with Crippen molar-refractivity contribution in [3.8, 4) is 17.2 Å². The van der Waals surface area contributed by atoms with Crippen LogP contribution in [-0.2, 0) is 13.2 Å². The van der Waals surface area contributed by atoms with Crippen LogP contribution in [0.15, 0.2) is 59.0 Å². The van der Waals surface area contributed by atoms with Crippen molar-refractivity contribution in [1.82, 2.24) is 14.7 Å². The molecule has 0 bridgehead atoms. The van der Waals surface area contributed by atoms with E-state index in [-0.39, 0.29) is 0 Å². The molecule has 0 radical (unpaired) electrons. The van der Waals surface area contributed by atoms with Crippen molar-refractivity contribution in [3.63, 3.8) is 0 Å². The topological polar surface area (TPSA) is 43.4 Å². The van der Waals surface area contributed by atoms with E-state index in [0.29, 0.717) is 29.2 Å². The van der Waals surface area contributed by atoms with Crippen LogP contribution in [0.5, 0.6) is 5.75 Å². The molecule has 1 heterocycles. The lowest BCUT2D eigenvalue weighted by Gasteiger charge is -2.25. The zero-order chi connectivity index (χ0) is 18.5. The molecule has 136 valence electrons. The highest BCUT2D eigenvalue weighted by molar-refractivity contribution is 7.71. The summed E-state index contributed by atoms with van der Waals surface area (Å²) >= 11 is 5.39. The fourth-order valence-corrected chi connectivity index (χ4v) is 2.89. The molecule has 0 amide bonds. The standard InChI is InChI=1S/C20H23N3O2S/c1-15(2)22(13-16-9-5-4-6-10-16)14-23-20(26)25-19(21-23)17-11-7-8-12-18(17)24-3/h4-12,15H,13-14H2,1-3H3. The molecule has 0 spiro atoms. The summed E-state index contributed by atoms with van der Waals surface area (Å²) in [5.41, 5.74) is 2.04. The van der Waals surface area contributed by atoms with Gasteiger partial charge < -0.3 is 9.15 Å². The highest BCUT2D eigenvalue weighted by atomic mass is 32.1. The van der Waals surface area contributed by atoms with E-state index in [4.69, 9.17) is 21.4 Å². The van der Waals surface area contributed by atoms with Gasteiger partial charge in [0.05, 0.1) is 19.3 Å². The predicted octanol–water partition coefficient (Wildman–Crippen LogP) is 4.75. The van der Waals surface area contributed by atoms with Crippen molar-refractivity contribution in [2.24, 2.45) is 0 Å². The molecule has 0 saturated carbocycles. The third kappa shape index (κ3) is 4.20. The van der Waals surface area contributed by atoms with Crippen LogP contribution in [0.2, 0.25) is 0 Å². The van der Waals surface area contributed by atoms with Crippen molar-refractivity contribution < 1.29 is 9.15 Å². The molecule has 0 atom stereocenters. The van der Waals surface area contributed by atoms with Gasteiger partial charge in [-0.15, -0.1) is 5.10 Å². The average molecular weight is 369 g/mol. The summed E-state index contributed by atoms with van der Waals surface area (Å²) < 4.78 is 12.8. The van der Waals surface area contributed by atoms with Gasteiger partial charge in [0, 0.05) is 12.6 Å². The Bertz CT molecular complexity index is 903. The molecule has 0 N–H and O–H groups in total. The van der Waals surface area contributed by atoms with E-state index in [1.165, 1.54) is 5.56 Å². The summed E-state index contributed by atoms with van der Waals surface area (Å²) in [6, 6.07) is 18.3. The van der Waals surface area contributed by atoms with E-state index in [0.717, 1.165) is 12.1 Å². The SMILES string of the molecule is COc1ccccc1-c1nn(CN(Cc2ccccc2)C(C)C)c(=S)o1. The quantitative estimate of drug-likeness (QED) is 0.562. The van der Waals surface area contributed by atoms with E-state index >= 15 is 0 Å². The second kappa shape index (κ2) is 8.29. The molecule has 0 aliphatic rings. The Morgan fingerprint density at radius 2 is 1.81 bits per heavy atom. The Balaban J connectivity index is 1.85. The molecule has 0 fully saturated rings. The van der Waals surface area contributed by atoms with Gasteiger partial charge in [0.2, 0.25) is 0 Å². The number of nitrogens with zero attached hydrogens (tertiary/aromatic N) is 3. The zero-order valence-corrected chi connectivity index (χ0v) is 16.1. The van der Waals surface area contributed by atoms with E-state index < -0.39 is 0 Å². The fourth-order valence-electron chi connectivity index (χ4n) is 2.71. The molecule has 3 rings (SSSR count). The summed E-state index contributed by atoms with van der Waals surface area (Å²) in [7, 11) is 1.63. The molecule has 6 heteroatoms. The molecule has 26 heavy (non-hydrogen) atoms. The summed E-state index contributed by atoms with van der Waals surface area (Å²) in [5.74, 6) is 1.18. The maximum absolute atomic E-state index is 5.73. The predicted molar refractivity (Wildman–Crippen MR) is 104 cm³/mol. The van der Waals surface area contributed by atoms with Crippen LogP contribution >= 0.6 is 12.2 Å². The van der Waals surface area contributed by atoms with Gasteiger partial charge >= 0.3 is 0 Å². The first-order valence-electron chi connectivity index (χ1n) is 8.58. The van der Waals surface area contributed by atoms with Crippen LogP contribution in [-0.4, -0.2) is 27.8 Å². The normalized spacial score (nSPS) is 11.3. The lowest BCUT2D eigenvalue weighted by atomic mass is 10.2. The molecule has 0 saturated heterocycles. The van der Waals surface area contributed by atoms with Crippen molar-refractivity contribution in [2.45, 2.75) is 33.1 Å². The average Bonchev–Trinajstić information content (AvgIpc) is 3.02. The van der Waals surface area contributed by atoms with Gasteiger partial charge in [-0.2, -0.15) is 0 Å². The minimum absolute atomic E-state index is 0.337. The van der Waals surface area contributed by atoms with Crippen LogP contribution in [0.1, 0.15) is 19.4 Å². The molecule has 0 aliphatic carbocycles. The number of aromatic nitrogens is 2. The van der Waals surface area contributed by atoms with Gasteiger partial charge in [-0.25, -0.2) is 4.68 Å². The Kier molecular flexibility index (Phi) is 5.85. The zero-order valence-electron chi connectivity index (χ0n) is 15.3. The van der Waals surface area contributed by atoms with E-state index in [9.17, 15) is 0 Å². The van der Waals surface area contributed by atoms with Gasteiger partial charge in [0.25, 0.3) is 10.7 Å². The van der Waals surface area contributed by atoms with Crippen molar-refractivity contribution in [2.75, 3.05) is 7.11 Å². The Labute approximate surface area is 158 Å². The fraction of sp³-hybridized carbons (Fsp3) is 0.300. The number of methoxy groups -OCH3 is 1. The summed E-state index contributed by atoms with van der Waals surface area (Å²) in [6.07, 6.45) is 0. The van der Waals surface area contributed by atoms with Crippen LogP contribution in [0.3, 0.4) is 0 Å². The van der Waals surface area contributed by atoms with Crippen LogP contribution in [0, 0.1) is 4.84 Å². The van der Waals surface area contributed by atoms with Crippen molar-refractivity contribution in [3.05, 3.63) is 65.0 Å². The van der Waals surface area contributed by atoms with E-state index in [2.05, 4.69) is 48.1 Å². The number of hydrogen-bond donors (Lipinski definition) is 0. The number of para-hydroxylation sites is 1. The van der Waals surface area contributed by atoms with Gasteiger partial charge in [-0.1, -0.05) is 42.5 Å². The summed E-state index contributed by atoms with van der Waals surface area (Å²) in [5, 5.41) is 4.58. The lowest BCUT2D eigenvalue weighted by Crippen LogP contribution is -2.32. The van der Waals surface area contributed by atoms with Gasteiger partial charge in [-0.3, -0.25) is 4.90 Å². The first kappa shape index (κ1) is 18.4. The second-order valence-corrected chi connectivity index (χ2v) is 6.69. The molecule has 3 aromatic rings. The van der Waals surface area contributed by atoms with Gasteiger partial charge in [-0.05, 0) is 43.8 Å². The maximum Gasteiger partial charge on any atom is 0.288 e. The number of hydrogen-bond acceptors (Lipinski definition) is 5. The van der Waals surface area contributed by atoms with Crippen LogP contribution in [0.25, 0.3) is 11.5 Å². The number of benzene rings is 2. The monoisotopic (exact) mass is 369 g/mol. The highest BCUT2D eigenvalue weighted by Crippen LogP contribution is 2.28. The van der Waals surface area contributed by atoms with E-state index in [1.807, 2.05) is 30.3 Å². The first-order valence-corrected chi connectivity index (χ1v) is 8.98. The largest absolute Gasteiger partial charge is 0.496 e. The molecule has 0 unspecified atom stereocenters. The minimum Gasteiger partial charge on any atom is -0.496 e. The molecule has 0 aliphatic heterocycles. The lowest BCUT2D eigenvalue weighted by molar-refractivity contribution is 0.151. The molecular weight excluding hydrogens is 346 g/mol. The summed E-state index contributed by atoms with van der Waals surface area (Å²) in [4.78, 5) is 2.64. The van der Waals surface area contributed by atoms with Crippen molar-refractivity contribution in [1.29, 1.82) is 0 Å². The third-order valence-corrected chi connectivity index (χ3v) is 4.51. The maximum atomic E-state index is 5.73. The Morgan fingerprint density at radius 3 is 2.50 bits per heavy atom. The third-order valence-electron chi connectivity index (χ3n) is 4.22. The molecule has 2 aromatic carbocycles. The molecule has 1 aromatic heterocycles. The number of rotatable bonds is 7. The van der Waals surface area contributed by atoms with Crippen molar-refractivity contribution >= 4 is 12.2 Å². The van der Waals surface area contributed by atoms with Crippen LogP contribution in [0.4, 0.5) is 0 Å². The Hall–Kier alpha value is -2.44. The second-order valence-electron chi connectivity index (χ2n) is 6.34. The first-order chi connectivity index (χ1) is 12.6. The van der Waals surface area contributed by atoms with Crippen LogP contribution < -0.4 is 4.74 Å². The number of ether oxygens (including phenoxy) is 1. The molecular formula is C20H23N3O2S. The van der Waals surface area contributed by atoms with E-state index in [1.54, 1.807) is 11.8 Å². The molecule has 5 nitrogen and oxygen atoms in total. The smallest absolute Gasteiger partial charge is 0.288 e. The van der Waals surface area contributed by atoms with Gasteiger partial charge in [0.1, 0.15) is 5.75 Å². The minimum atomic E-state index is 0.337. The summed E-state index contributed by atoms with van der Waals surface area (Å²) in [6.45, 7) is 5.70.